The number of thioether (sulfide) groups is 2. The van der Waals surface area contributed by atoms with Crippen molar-refractivity contribution in [2.75, 3.05) is 24.6 Å². The molecule has 20 nitrogen and oxygen atoms in total. The number of carboxylic acids is 2. The van der Waals surface area contributed by atoms with Crippen LogP contribution in [0, 0.1) is 0 Å². The van der Waals surface area contributed by atoms with Crippen LogP contribution >= 0.6 is 46.5 Å². The van der Waals surface area contributed by atoms with Gasteiger partial charge in [-0.3, -0.25) is 14.4 Å². The quantitative estimate of drug-likeness (QED) is 0.0383. The predicted molar refractivity (Wildman–Crippen MR) is 181 cm³/mol. The number of aromatic nitrogens is 1. The molecular formula is C26H28ClN9O11S3. The zero-order chi connectivity index (χ0) is 37.1. The van der Waals surface area contributed by atoms with Gasteiger partial charge in [-0.1, -0.05) is 16.8 Å². The Morgan fingerprint density at radius 1 is 1.18 bits per heavy atom. The Balaban J connectivity index is 1.43. The molecule has 0 bridgehead atoms. The van der Waals surface area contributed by atoms with Gasteiger partial charge in [-0.2, -0.15) is 5.10 Å². The molecule has 3 heterocycles. The lowest BCUT2D eigenvalue weighted by atomic mass is 10.1. The topological polar surface area (TPSA) is 322 Å². The number of oxime groups is 1. The Kier molecular flexibility index (Phi) is 11.2. The number of β-lactam (4-membered cyclic amide) rings is 1. The number of benzene rings is 1. The molecule has 2 aromatic rings. The zero-order valence-corrected chi connectivity index (χ0v) is 28.9. The maximum absolute atomic E-state index is 13.3. The fourth-order valence-electron chi connectivity index (χ4n) is 4.22. The number of thiazole rings is 1. The first-order chi connectivity index (χ1) is 23.4. The van der Waals surface area contributed by atoms with E-state index >= 15 is 0 Å². The molecule has 24 heteroatoms. The lowest BCUT2D eigenvalue weighted by Crippen LogP contribution is -2.68. The molecule has 1 unspecified atom stereocenters. The average Bonchev–Trinajstić information content (AvgIpc) is 3.62. The summed E-state index contributed by atoms with van der Waals surface area (Å²) in [4.78, 5) is 84.8. The van der Waals surface area contributed by atoms with Crippen LogP contribution in [0.4, 0.5) is 9.93 Å². The van der Waals surface area contributed by atoms with Gasteiger partial charge >= 0.3 is 18.0 Å². The number of urea groups is 1. The second-order valence-electron chi connectivity index (χ2n) is 10.8. The number of fused-ring (bicyclic) bond motifs is 1. The second kappa shape index (κ2) is 14.9. The number of nitrogens with two attached hydrogens (primary N) is 2. The molecule has 11 N–H and O–H groups in total. The van der Waals surface area contributed by atoms with Gasteiger partial charge in [-0.25, -0.2) is 24.8 Å². The number of aromatic hydroxyl groups is 2. The summed E-state index contributed by atoms with van der Waals surface area (Å²) < 4.78 is -1.62. The van der Waals surface area contributed by atoms with Crippen LogP contribution < -0.4 is 27.5 Å². The van der Waals surface area contributed by atoms with E-state index in [0.29, 0.717) is 0 Å². The van der Waals surface area contributed by atoms with E-state index in [1.54, 1.807) is 0 Å². The van der Waals surface area contributed by atoms with Gasteiger partial charge in [0.1, 0.15) is 17.1 Å². The highest BCUT2D eigenvalue weighted by atomic mass is 35.5. The highest BCUT2D eigenvalue weighted by Gasteiger charge is 2.62. The fourth-order valence-corrected chi connectivity index (χ4v) is 8.05. The molecule has 2 fully saturated rings. The van der Waals surface area contributed by atoms with E-state index in [0.717, 1.165) is 47.0 Å². The number of aliphatic carboxylic acids is 2. The number of phenols is 2. The highest BCUT2D eigenvalue weighted by molar-refractivity contribution is 8.20. The summed E-state index contributed by atoms with van der Waals surface area (Å²) in [5.74, 6) is -6.34. The highest BCUT2D eigenvalue weighted by Crippen LogP contribution is 2.52. The van der Waals surface area contributed by atoms with Crippen molar-refractivity contribution in [3.05, 3.63) is 33.8 Å². The number of carbonyl (C=O) groups excluding carboxylic acids is 4. The summed E-state index contributed by atoms with van der Waals surface area (Å²) >= 11 is 8.84. The van der Waals surface area contributed by atoms with Gasteiger partial charge in [-0.15, -0.1) is 34.9 Å². The van der Waals surface area contributed by atoms with Crippen molar-refractivity contribution in [3.8, 4) is 11.5 Å². The maximum Gasteiger partial charge on any atom is 0.350 e. The van der Waals surface area contributed by atoms with E-state index in [-0.39, 0.29) is 40.3 Å². The van der Waals surface area contributed by atoms with Gasteiger partial charge in [0.25, 0.3) is 11.8 Å². The van der Waals surface area contributed by atoms with Gasteiger partial charge in [0, 0.05) is 29.3 Å². The van der Waals surface area contributed by atoms with Gasteiger partial charge in [0.05, 0.1) is 11.6 Å². The van der Waals surface area contributed by atoms with Crippen LogP contribution in [0.3, 0.4) is 0 Å². The number of hydrazone groups is 1. The third-order valence-electron chi connectivity index (χ3n) is 6.84. The van der Waals surface area contributed by atoms with Crippen LogP contribution in [0.1, 0.15) is 25.1 Å². The first-order valence-electron chi connectivity index (χ1n) is 13.9. The van der Waals surface area contributed by atoms with E-state index in [9.17, 15) is 49.2 Å². The molecule has 2 aliphatic rings. The van der Waals surface area contributed by atoms with E-state index in [1.807, 2.05) is 5.43 Å². The number of rotatable bonds is 14. The Labute approximate surface area is 298 Å². The summed E-state index contributed by atoms with van der Waals surface area (Å²) in [6.07, 6.45) is 0. The number of hydrogen-bond acceptors (Lipinski definition) is 16. The molecule has 0 saturated carbocycles. The van der Waals surface area contributed by atoms with Crippen LogP contribution in [-0.2, 0) is 28.8 Å². The molecule has 50 heavy (non-hydrogen) atoms. The van der Waals surface area contributed by atoms with Gasteiger partial charge < -0.3 is 52.3 Å². The predicted octanol–water partition coefficient (Wildman–Crippen LogP) is -0.523. The number of halogens is 1. The SMILES string of the molecule is CC(C)(O/N=C(\C(=O)NC1C(=O)N2C[C@](SCCNC(=O)/C(=N\NC(N)=O)c3cc(O)c(O)cc3Cl)(C(=O)O)S[C@H]12)c1csc(N)n1)C(=O)O. The Morgan fingerprint density at radius 2 is 1.86 bits per heavy atom. The maximum atomic E-state index is 13.3. The van der Waals surface area contributed by atoms with E-state index in [2.05, 4.69) is 25.9 Å². The van der Waals surface area contributed by atoms with Crippen molar-refractivity contribution in [2.24, 2.45) is 16.0 Å². The summed E-state index contributed by atoms with van der Waals surface area (Å²) in [6, 6.07) is -0.429. The molecule has 0 aliphatic carbocycles. The van der Waals surface area contributed by atoms with Crippen LogP contribution in [0.2, 0.25) is 5.02 Å². The molecular weight excluding hydrogens is 746 g/mol. The van der Waals surface area contributed by atoms with E-state index in [1.165, 1.54) is 24.1 Å². The van der Waals surface area contributed by atoms with Crippen LogP contribution in [0.5, 0.6) is 11.5 Å². The standard InChI is InChI=1S/C26H28ClN9O11S3/c1-25(2,21(42)43)47-35-15(11-7-48-24(29)31-11)18(40)32-16-19(41)36-8-26(22(44)45,50-20(16)36)49-4-3-30-17(39)14(33-34-23(28)46)9-5-12(37)13(38)6-10(9)27/h5-7,16,20,37-38H,3-4,8H2,1-2H3,(H2,29,31)(H,30,39)(H,32,40)(H,42,43)(H,44,45)(H3,28,34,46)/b33-14-,35-15-/t16?,20-,26-/m1/s1. The van der Waals surface area contributed by atoms with Crippen molar-refractivity contribution in [1.29, 1.82) is 0 Å². The molecule has 5 amide bonds. The lowest BCUT2D eigenvalue weighted by molar-refractivity contribution is -0.161. The largest absolute Gasteiger partial charge is 0.504 e. The monoisotopic (exact) mass is 773 g/mol. The first kappa shape index (κ1) is 37.8. The summed E-state index contributed by atoms with van der Waals surface area (Å²) in [6.45, 7) is 1.99. The number of carboxylic acid groups (broad SMARTS) is 2. The normalized spacial score (nSPS) is 20.4. The number of hydrogen-bond donors (Lipinski definition) is 9. The van der Waals surface area contributed by atoms with Crippen LogP contribution in [0.15, 0.2) is 27.8 Å². The minimum Gasteiger partial charge on any atom is -0.504 e. The summed E-state index contributed by atoms with van der Waals surface area (Å²) in [5, 5.41) is 51.8. The third-order valence-corrected chi connectivity index (χ3v) is 11.1. The Hall–Kier alpha value is -5.00. The van der Waals surface area contributed by atoms with Crippen molar-refractivity contribution in [1.82, 2.24) is 25.9 Å². The van der Waals surface area contributed by atoms with Crippen molar-refractivity contribution in [2.45, 2.75) is 34.9 Å². The number of phenolic OH excluding ortho intramolecular Hbond substituents is 2. The molecule has 1 aromatic carbocycles. The Morgan fingerprint density at radius 3 is 2.46 bits per heavy atom. The Bertz CT molecular complexity index is 1820. The average molecular weight is 774 g/mol. The number of anilines is 1. The van der Waals surface area contributed by atoms with Gasteiger partial charge in [0.2, 0.25) is 11.5 Å². The fraction of sp³-hybridized carbons (Fsp3) is 0.346. The molecule has 268 valence electrons. The minimum absolute atomic E-state index is 0.0132. The summed E-state index contributed by atoms with van der Waals surface area (Å²) in [7, 11) is 0. The zero-order valence-electron chi connectivity index (χ0n) is 25.7. The number of carbonyl (C=O) groups is 6. The molecule has 2 saturated heterocycles. The van der Waals surface area contributed by atoms with Crippen LogP contribution in [-0.4, -0.2) is 117 Å². The second-order valence-corrected chi connectivity index (χ2v) is 15.1. The van der Waals surface area contributed by atoms with E-state index in [4.69, 9.17) is 27.9 Å². The molecule has 0 radical (unpaired) electrons. The number of amides is 5. The van der Waals surface area contributed by atoms with Crippen molar-refractivity contribution < 1.29 is 54.0 Å². The first-order valence-corrected chi connectivity index (χ1v) is 17.0. The van der Waals surface area contributed by atoms with Crippen LogP contribution in [0.25, 0.3) is 0 Å². The number of nitrogens with one attached hydrogen (secondary N) is 3. The van der Waals surface area contributed by atoms with Gasteiger partial charge in [-0.05, 0) is 19.9 Å². The molecule has 3 atom stereocenters. The number of nitrogen functional groups attached to an aromatic ring is 1. The summed E-state index contributed by atoms with van der Waals surface area (Å²) in [5.41, 5.74) is 9.59. The smallest absolute Gasteiger partial charge is 0.350 e. The van der Waals surface area contributed by atoms with Crippen molar-refractivity contribution >= 4 is 98.7 Å². The molecule has 2 aliphatic heterocycles. The number of nitrogens with zero attached hydrogens (tertiary/aromatic N) is 4. The lowest BCUT2D eigenvalue weighted by Gasteiger charge is -2.41. The van der Waals surface area contributed by atoms with E-state index < -0.39 is 79.7 Å². The van der Waals surface area contributed by atoms with Gasteiger partial charge in [0.15, 0.2) is 32.1 Å². The third kappa shape index (κ3) is 8.06. The molecule has 0 spiro atoms. The van der Waals surface area contributed by atoms with Crippen molar-refractivity contribution in [3.63, 3.8) is 0 Å². The molecule has 1 aromatic heterocycles. The minimum atomic E-state index is -1.83. The number of primary amides is 1. The molecule has 4 rings (SSSR count).